The number of rotatable bonds is 2. The van der Waals surface area contributed by atoms with Crippen LogP contribution in [0.15, 0.2) is 58.3 Å². The first-order valence-corrected chi connectivity index (χ1v) is 6.96. The number of hydrogen-bond donors (Lipinski definition) is 2. The summed E-state index contributed by atoms with van der Waals surface area (Å²) in [7, 11) is -2.88. The molecule has 0 saturated carbocycles. The Kier molecular flexibility index (Phi) is 3.24. The minimum atomic E-state index is -2.88. The Bertz CT molecular complexity index is 488. The van der Waals surface area contributed by atoms with Crippen LogP contribution < -0.4 is 0 Å². The molecule has 2 rings (SSSR count). The molecule has 0 aliphatic rings. The van der Waals surface area contributed by atoms with Crippen molar-refractivity contribution in [1.29, 1.82) is 0 Å². The standard InChI is InChI=1S/C14H16O2S/c1-11-5-3-7-13(9-11)17(15,16)14-8-4-6-12(2)10-14/h3-10,15-16H,1-2H3. The van der Waals surface area contributed by atoms with E-state index in [1.807, 2.05) is 50.2 Å². The molecule has 0 spiro atoms. The molecule has 0 aliphatic heterocycles. The van der Waals surface area contributed by atoms with Crippen molar-refractivity contribution in [2.24, 2.45) is 0 Å². The second-order valence-electron chi connectivity index (χ2n) is 4.18. The summed E-state index contributed by atoms with van der Waals surface area (Å²) in [6.45, 7) is 3.88. The highest BCUT2D eigenvalue weighted by Crippen LogP contribution is 2.55. The summed E-state index contributed by atoms with van der Waals surface area (Å²) < 4.78 is 20.7. The summed E-state index contributed by atoms with van der Waals surface area (Å²) >= 11 is 0. The zero-order valence-corrected chi connectivity index (χ0v) is 10.7. The van der Waals surface area contributed by atoms with Gasteiger partial charge in [-0.3, -0.25) is 9.11 Å². The molecule has 0 atom stereocenters. The van der Waals surface area contributed by atoms with Gasteiger partial charge < -0.3 is 0 Å². The molecule has 2 aromatic carbocycles. The van der Waals surface area contributed by atoms with E-state index in [0.29, 0.717) is 9.79 Å². The summed E-state index contributed by atoms with van der Waals surface area (Å²) in [4.78, 5) is 1.14. The Morgan fingerprint density at radius 1 is 0.765 bits per heavy atom. The second kappa shape index (κ2) is 4.53. The summed E-state index contributed by atoms with van der Waals surface area (Å²) in [6, 6.07) is 14.7. The zero-order chi connectivity index (χ0) is 12.5. The maximum Gasteiger partial charge on any atom is 0.0639 e. The lowest BCUT2D eigenvalue weighted by atomic mass is 10.2. The fraction of sp³-hybridized carbons (Fsp3) is 0.143. The largest absolute Gasteiger partial charge is 0.290 e. The summed E-state index contributed by atoms with van der Waals surface area (Å²) in [6.07, 6.45) is 0. The SMILES string of the molecule is Cc1cccc(S(O)(O)c2cccc(C)c2)c1. The van der Waals surface area contributed by atoms with Crippen LogP contribution in [-0.4, -0.2) is 9.11 Å². The van der Waals surface area contributed by atoms with E-state index in [1.54, 1.807) is 12.1 Å². The molecule has 0 aliphatic carbocycles. The molecule has 2 N–H and O–H groups in total. The van der Waals surface area contributed by atoms with E-state index in [0.717, 1.165) is 11.1 Å². The molecule has 0 amide bonds. The molecule has 3 heteroatoms. The van der Waals surface area contributed by atoms with E-state index in [2.05, 4.69) is 0 Å². The van der Waals surface area contributed by atoms with Gasteiger partial charge in [-0.15, -0.1) is 10.6 Å². The minimum absolute atomic E-state index is 0.572. The molecule has 0 unspecified atom stereocenters. The predicted octanol–water partition coefficient (Wildman–Crippen LogP) is 4.47. The van der Waals surface area contributed by atoms with Gasteiger partial charge >= 0.3 is 0 Å². The van der Waals surface area contributed by atoms with Gasteiger partial charge in [0.05, 0.1) is 9.79 Å². The molecule has 0 fully saturated rings. The third-order valence-corrected chi connectivity index (χ3v) is 4.46. The molecule has 0 saturated heterocycles. The topological polar surface area (TPSA) is 40.5 Å². The van der Waals surface area contributed by atoms with Crippen molar-refractivity contribution in [2.75, 3.05) is 0 Å². The summed E-state index contributed by atoms with van der Waals surface area (Å²) in [5, 5.41) is 0. The Labute approximate surface area is 103 Å². The van der Waals surface area contributed by atoms with Gasteiger partial charge in [-0.25, -0.2) is 0 Å². The van der Waals surface area contributed by atoms with Crippen molar-refractivity contribution >= 4 is 10.6 Å². The highest BCUT2D eigenvalue weighted by molar-refractivity contribution is 8.24. The van der Waals surface area contributed by atoms with Crippen LogP contribution in [0.1, 0.15) is 11.1 Å². The Balaban J connectivity index is 2.49. The van der Waals surface area contributed by atoms with Gasteiger partial charge in [-0.1, -0.05) is 24.3 Å². The van der Waals surface area contributed by atoms with Crippen LogP contribution in [0, 0.1) is 13.8 Å². The Morgan fingerprint density at radius 2 is 1.18 bits per heavy atom. The van der Waals surface area contributed by atoms with Crippen LogP contribution in [0.3, 0.4) is 0 Å². The van der Waals surface area contributed by atoms with Crippen molar-refractivity contribution in [3.8, 4) is 0 Å². The Hall–Kier alpha value is -1.29. The third-order valence-electron chi connectivity index (χ3n) is 2.64. The minimum Gasteiger partial charge on any atom is -0.290 e. The maximum absolute atomic E-state index is 10.3. The molecular formula is C14H16O2S. The van der Waals surface area contributed by atoms with Gasteiger partial charge in [0.15, 0.2) is 0 Å². The number of hydrogen-bond acceptors (Lipinski definition) is 2. The van der Waals surface area contributed by atoms with E-state index in [4.69, 9.17) is 0 Å². The molecule has 0 aromatic heterocycles. The molecule has 2 aromatic rings. The van der Waals surface area contributed by atoms with Crippen molar-refractivity contribution < 1.29 is 9.11 Å². The smallest absolute Gasteiger partial charge is 0.0639 e. The van der Waals surface area contributed by atoms with E-state index < -0.39 is 10.6 Å². The first-order valence-electron chi connectivity index (χ1n) is 5.42. The van der Waals surface area contributed by atoms with Crippen LogP contribution in [0.5, 0.6) is 0 Å². The monoisotopic (exact) mass is 248 g/mol. The van der Waals surface area contributed by atoms with Crippen molar-refractivity contribution in [2.45, 2.75) is 23.6 Å². The van der Waals surface area contributed by atoms with E-state index in [9.17, 15) is 9.11 Å². The highest BCUT2D eigenvalue weighted by atomic mass is 32.3. The zero-order valence-electron chi connectivity index (χ0n) is 9.92. The fourth-order valence-corrected chi connectivity index (χ4v) is 3.23. The van der Waals surface area contributed by atoms with Crippen LogP contribution in [-0.2, 0) is 0 Å². The Morgan fingerprint density at radius 3 is 1.53 bits per heavy atom. The van der Waals surface area contributed by atoms with Gasteiger partial charge in [0.25, 0.3) is 0 Å². The van der Waals surface area contributed by atoms with E-state index >= 15 is 0 Å². The van der Waals surface area contributed by atoms with Gasteiger partial charge in [0, 0.05) is 0 Å². The first-order chi connectivity index (χ1) is 8.00. The van der Waals surface area contributed by atoms with Gasteiger partial charge in [-0.2, -0.15) is 0 Å². The van der Waals surface area contributed by atoms with Gasteiger partial charge in [0.1, 0.15) is 0 Å². The lowest BCUT2D eigenvalue weighted by Crippen LogP contribution is -1.99. The average Bonchev–Trinajstić information content (AvgIpc) is 2.29. The molecule has 2 nitrogen and oxygen atoms in total. The quantitative estimate of drug-likeness (QED) is 0.823. The normalized spacial score (nSPS) is 12.5. The molecule has 90 valence electrons. The molecule has 17 heavy (non-hydrogen) atoms. The third kappa shape index (κ3) is 2.52. The highest BCUT2D eigenvalue weighted by Gasteiger charge is 2.18. The maximum atomic E-state index is 10.3. The molecule has 0 bridgehead atoms. The lowest BCUT2D eigenvalue weighted by molar-refractivity contribution is 0.487. The number of benzene rings is 2. The summed E-state index contributed by atoms with van der Waals surface area (Å²) in [5.41, 5.74) is 2.05. The van der Waals surface area contributed by atoms with Crippen LogP contribution >= 0.6 is 10.6 Å². The van der Waals surface area contributed by atoms with Gasteiger partial charge in [-0.05, 0) is 49.2 Å². The van der Waals surface area contributed by atoms with Crippen molar-refractivity contribution in [3.05, 3.63) is 59.7 Å². The van der Waals surface area contributed by atoms with Crippen LogP contribution in [0.2, 0.25) is 0 Å². The van der Waals surface area contributed by atoms with Gasteiger partial charge in [0.2, 0.25) is 0 Å². The van der Waals surface area contributed by atoms with Crippen LogP contribution in [0.25, 0.3) is 0 Å². The number of aryl methyl sites for hydroxylation is 2. The lowest BCUT2D eigenvalue weighted by Gasteiger charge is -2.33. The van der Waals surface area contributed by atoms with Crippen molar-refractivity contribution in [1.82, 2.24) is 0 Å². The fourth-order valence-electron chi connectivity index (χ4n) is 1.72. The van der Waals surface area contributed by atoms with Crippen LogP contribution in [0.4, 0.5) is 0 Å². The van der Waals surface area contributed by atoms with E-state index in [1.165, 1.54) is 0 Å². The average molecular weight is 248 g/mol. The molecule has 0 radical (unpaired) electrons. The molecule has 0 heterocycles. The summed E-state index contributed by atoms with van der Waals surface area (Å²) in [5.74, 6) is 0. The predicted molar refractivity (Wildman–Crippen MR) is 71.7 cm³/mol. The molecular weight excluding hydrogens is 232 g/mol. The second-order valence-corrected chi connectivity index (χ2v) is 6.22. The van der Waals surface area contributed by atoms with E-state index in [-0.39, 0.29) is 0 Å². The first kappa shape index (κ1) is 12.2. The van der Waals surface area contributed by atoms with Crippen molar-refractivity contribution in [3.63, 3.8) is 0 Å².